The Kier molecular flexibility index (Phi) is 5.95. The molecular formula is C21H20FNO5S. The van der Waals surface area contributed by atoms with Crippen LogP contribution in [0, 0.1) is 12.7 Å². The van der Waals surface area contributed by atoms with E-state index in [0.717, 1.165) is 11.6 Å². The van der Waals surface area contributed by atoms with E-state index in [9.17, 15) is 23.6 Å². The van der Waals surface area contributed by atoms with E-state index in [1.54, 1.807) is 19.9 Å². The van der Waals surface area contributed by atoms with Crippen LogP contribution in [0.25, 0.3) is 11.0 Å². The van der Waals surface area contributed by atoms with Crippen LogP contribution in [0.4, 0.5) is 10.1 Å². The Bertz CT molecular complexity index is 1140. The number of aromatic carboxylic acids is 1. The van der Waals surface area contributed by atoms with Crippen LogP contribution in [-0.4, -0.2) is 21.4 Å². The van der Waals surface area contributed by atoms with Crippen LogP contribution >= 0.6 is 0 Å². The molecule has 1 heterocycles. The first-order chi connectivity index (χ1) is 13.7. The van der Waals surface area contributed by atoms with Gasteiger partial charge in [0.1, 0.15) is 17.2 Å². The van der Waals surface area contributed by atoms with E-state index in [0.29, 0.717) is 22.3 Å². The van der Waals surface area contributed by atoms with Crippen molar-refractivity contribution >= 4 is 33.8 Å². The van der Waals surface area contributed by atoms with Gasteiger partial charge in [-0.25, -0.2) is 9.18 Å². The zero-order valence-corrected chi connectivity index (χ0v) is 16.9. The highest BCUT2D eigenvalue weighted by molar-refractivity contribution is 7.91. The lowest BCUT2D eigenvalue weighted by atomic mass is 10.0. The first-order valence-electron chi connectivity index (χ1n) is 8.97. The van der Waals surface area contributed by atoms with E-state index < -0.39 is 29.0 Å². The molecule has 1 aromatic heterocycles. The van der Waals surface area contributed by atoms with Gasteiger partial charge < -0.3 is 19.4 Å². The van der Waals surface area contributed by atoms with Gasteiger partial charge in [0.05, 0.1) is 23.1 Å². The number of anilines is 1. The number of hydrogen-bond acceptors (Lipinski definition) is 5. The Labute approximate surface area is 169 Å². The van der Waals surface area contributed by atoms with Crippen molar-refractivity contribution in [1.29, 1.82) is 0 Å². The Morgan fingerprint density at radius 3 is 2.69 bits per heavy atom. The molecule has 8 heteroatoms. The Hall–Kier alpha value is -2.84. The third kappa shape index (κ3) is 4.28. The summed E-state index contributed by atoms with van der Waals surface area (Å²) < 4.78 is 31.4. The highest BCUT2D eigenvalue weighted by atomic mass is 32.2. The van der Waals surface area contributed by atoms with Crippen molar-refractivity contribution in [2.75, 3.05) is 11.1 Å². The second-order valence-corrected chi connectivity index (χ2v) is 8.33. The molecule has 0 aliphatic rings. The minimum Gasteiger partial charge on any atom is -0.609 e. The zero-order chi connectivity index (χ0) is 21.3. The molecule has 0 saturated heterocycles. The molecule has 0 aliphatic carbocycles. The van der Waals surface area contributed by atoms with E-state index >= 15 is 0 Å². The number of halogens is 1. The normalized spacial score (nSPS) is 13.3. The van der Waals surface area contributed by atoms with Crippen molar-refractivity contribution in [3.8, 4) is 0 Å². The highest BCUT2D eigenvalue weighted by Crippen LogP contribution is 2.30. The second kappa shape index (κ2) is 8.26. The third-order valence-corrected chi connectivity index (χ3v) is 5.69. The van der Waals surface area contributed by atoms with E-state index in [2.05, 4.69) is 5.32 Å². The van der Waals surface area contributed by atoms with Gasteiger partial charge in [-0.1, -0.05) is 6.07 Å². The van der Waals surface area contributed by atoms with Crippen molar-refractivity contribution in [3.05, 3.63) is 69.1 Å². The molecule has 2 unspecified atom stereocenters. The lowest BCUT2D eigenvalue weighted by molar-refractivity contribution is 0.0697. The molecule has 29 heavy (non-hydrogen) atoms. The summed E-state index contributed by atoms with van der Waals surface area (Å²) in [6.07, 6.45) is 0. The summed E-state index contributed by atoms with van der Waals surface area (Å²) in [6.45, 7) is 5.32. The summed E-state index contributed by atoms with van der Waals surface area (Å²) in [5.74, 6) is -1.61. The molecule has 0 bridgehead atoms. The maximum absolute atomic E-state index is 13.5. The molecule has 0 fully saturated rings. The van der Waals surface area contributed by atoms with E-state index in [1.165, 1.54) is 18.2 Å². The number of carbonyl (C=O) groups is 1. The van der Waals surface area contributed by atoms with Gasteiger partial charge in [0.2, 0.25) is 0 Å². The van der Waals surface area contributed by atoms with Gasteiger partial charge in [0, 0.05) is 22.4 Å². The number of nitrogens with one attached hydrogen (secondary N) is 1. The second-order valence-electron chi connectivity index (χ2n) is 6.66. The first-order valence-corrected chi connectivity index (χ1v) is 10.3. The minimum absolute atomic E-state index is 0.0929. The molecule has 0 saturated carbocycles. The Balaban J connectivity index is 2.13. The molecule has 0 spiro atoms. The number of fused-ring (bicyclic) bond motifs is 1. The van der Waals surface area contributed by atoms with Crippen molar-refractivity contribution in [3.63, 3.8) is 0 Å². The predicted octanol–water partition coefficient (Wildman–Crippen LogP) is 4.24. The van der Waals surface area contributed by atoms with Crippen molar-refractivity contribution in [2.24, 2.45) is 0 Å². The lowest BCUT2D eigenvalue weighted by Gasteiger charge is -2.19. The molecule has 3 rings (SSSR count). The fourth-order valence-electron chi connectivity index (χ4n) is 3.12. The monoisotopic (exact) mass is 417 g/mol. The summed E-state index contributed by atoms with van der Waals surface area (Å²) in [4.78, 5) is 24.0. The zero-order valence-electron chi connectivity index (χ0n) is 16.1. The van der Waals surface area contributed by atoms with Crippen molar-refractivity contribution < 1.29 is 23.3 Å². The van der Waals surface area contributed by atoms with Crippen LogP contribution in [-0.2, 0) is 11.2 Å². The van der Waals surface area contributed by atoms with Crippen LogP contribution in [0.15, 0.2) is 50.7 Å². The number of benzene rings is 2. The molecule has 0 radical (unpaired) electrons. The number of rotatable bonds is 6. The molecular weight excluding hydrogens is 397 g/mol. The SMILES string of the molecule is CC[S+]([O-])c1cc(=O)c2cc(C)cc(C(C)Nc3ccc(F)cc3C(=O)O)c2o1. The van der Waals surface area contributed by atoms with Crippen LogP contribution < -0.4 is 10.7 Å². The summed E-state index contributed by atoms with van der Waals surface area (Å²) in [5, 5.41) is 12.8. The summed E-state index contributed by atoms with van der Waals surface area (Å²) in [7, 11) is 0. The van der Waals surface area contributed by atoms with Crippen molar-refractivity contribution in [1.82, 2.24) is 0 Å². The maximum atomic E-state index is 13.5. The number of aryl methyl sites for hydroxylation is 1. The van der Waals surface area contributed by atoms with Gasteiger partial charge in [0.15, 0.2) is 5.43 Å². The number of hydrogen-bond donors (Lipinski definition) is 2. The van der Waals surface area contributed by atoms with Crippen molar-refractivity contribution in [2.45, 2.75) is 31.9 Å². The average molecular weight is 417 g/mol. The average Bonchev–Trinajstić information content (AvgIpc) is 2.68. The van der Waals surface area contributed by atoms with Gasteiger partial charge in [-0.05, 0) is 50.6 Å². The van der Waals surface area contributed by atoms with Gasteiger partial charge in [-0.3, -0.25) is 4.79 Å². The fourth-order valence-corrected chi connectivity index (χ4v) is 3.82. The molecule has 152 valence electrons. The van der Waals surface area contributed by atoms with Crippen LogP contribution in [0.2, 0.25) is 0 Å². The third-order valence-electron chi connectivity index (χ3n) is 4.52. The standard InChI is InChI=1S/C21H20FNO5S/c1-4-29(27)19-10-18(24)16-8-11(2)7-14(20(16)28-19)12(3)23-17-6-5-13(22)9-15(17)21(25)26/h5-10,12,23H,4H2,1-3H3,(H,25,26). The molecule has 2 atom stereocenters. The van der Waals surface area contributed by atoms with E-state index in [4.69, 9.17) is 4.42 Å². The molecule has 2 N–H and O–H groups in total. The number of carboxylic acid groups (broad SMARTS) is 1. The smallest absolute Gasteiger partial charge is 0.337 e. The van der Waals surface area contributed by atoms with Gasteiger partial charge in [0.25, 0.3) is 0 Å². The van der Waals surface area contributed by atoms with Crippen LogP contribution in [0.5, 0.6) is 0 Å². The Morgan fingerprint density at radius 2 is 2.03 bits per heavy atom. The Morgan fingerprint density at radius 1 is 1.31 bits per heavy atom. The molecule has 6 nitrogen and oxygen atoms in total. The van der Waals surface area contributed by atoms with Crippen LogP contribution in [0.1, 0.15) is 41.4 Å². The fraction of sp³-hybridized carbons (Fsp3) is 0.238. The maximum Gasteiger partial charge on any atom is 0.337 e. The van der Waals surface area contributed by atoms with E-state index in [1.807, 2.05) is 13.0 Å². The lowest BCUT2D eigenvalue weighted by Crippen LogP contribution is -2.14. The summed E-state index contributed by atoms with van der Waals surface area (Å²) >= 11 is -1.44. The summed E-state index contributed by atoms with van der Waals surface area (Å²) in [6, 6.07) is 7.72. The predicted molar refractivity (Wildman–Crippen MR) is 110 cm³/mol. The van der Waals surface area contributed by atoms with E-state index in [-0.39, 0.29) is 21.8 Å². The molecule has 0 amide bonds. The van der Waals surface area contributed by atoms with Crippen LogP contribution in [0.3, 0.4) is 0 Å². The molecule has 3 aromatic rings. The summed E-state index contributed by atoms with van der Waals surface area (Å²) in [5.41, 5.74) is 1.44. The van der Waals surface area contributed by atoms with Gasteiger partial charge in [-0.15, -0.1) is 0 Å². The minimum atomic E-state index is -1.44. The topological polar surface area (TPSA) is 103 Å². The quantitative estimate of drug-likeness (QED) is 0.582. The first kappa shape index (κ1) is 20.9. The number of carboxylic acids is 1. The molecule has 0 aliphatic heterocycles. The highest BCUT2D eigenvalue weighted by Gasteiger charge is 2.21. The van der Waals surface area contributed by atoms with Gasteiger partial charge in [-0.2, -0.15) is 0 Å². The molecule has 2 aromatic carbocycles. The largest absolute Gasteiger partial charge is 0.609 e. The van der Waals surface area contributed by atoms with Gasteiger partial charge >= 0.3 is 11.1 Å².